The maximum absolute atomic E-state index is 10.2. The molecule has 2 saturated heterocycles. The lowest BCUT2D eigenvalue weighted by Gasteiger charge is -2.42. The fourth-order valence-corrected chi connectivity index (χ4v) is 4.34. The molecular weight excluding hydrogens is 425 g/mol. The van der Waals surface area contributed by atoms with Crippen LogP contribution in [-0.4, -0.2) is 73.4 Å². The van der Waals surface area contributed by atoms with Crippen molar-refractivity contribution in [2.24, 2.45) is 0 Å². The molecule has 0 bridgehead atoms. The molecule has 0 aromatic heterocycles. The van der Waals surface area contributed by atoms with E-state index in [1.54, 1.807) is 0 Å². The highest BCUT2D eigenvalue weighted by molar-refractivity contribution is 9.10. The van der Waals surface area contributed by atoms with Gasteiger partial charge in [0.25, 0.3) is 0 Å². The Morgan fingerprint density at radius 1 is 1.24 bits per heavy atom. The van der Waals surface area contributed by atoms with Crippen LogP contribution in [0.4, 0.5) is 0 Å². The van der Waals surface area contributed by atoms with Crippen molar-refractivity contribution in [1.82, 2.24) is 15.1 Å². The molecule has 1 aromatic rings. The molecule has 0 saturated carbocycles. The van der Waals surface area contributed by atoms with Gasteiger partial charge in [0.1, 0.15) is 0 Å². The molecule has 0 radical (unpaired) electrons. The zero-order valence-corrected chi connectivity index (χ0v) is 18.0. The summed E-state index contributed by atoms with van der Waals surface area (Å²) in [5.41, 5.74) is 1.38. The number of benzene rings is 1. The van der Waals surface area contributed by atoms with E-state index in [4.69, 9.17) is 0 Å². The molecule has 2 heterocycles. The van der Waals surface area contributed by atoms with Crippen molar-refractivity contribution >= 4 is 40.7 Å². The Balaban J connectivity index is 0.00000156. The van der Waals surface area contributed by atoms with Crippen molar-refractivity contribution in [3.63, 3.8) is 0 Å². The number of likely N-dealkylation sites (tertiary alicyclic amines) is 1. The van der Waals surface area contributed by atoms with Crippen LogP contribution in [0.25, 0.3) is 0 Å². The molecule has 7 heteroatoms. The van der Waals surface area contributed by atoms with Crippen molar-refractivity contribution in [3.05, 3.63) is 34.3 Å². The predicted octanol–water partition coefficient (Wildman–Crippen LogP) is 2.74. The summed E-state index contributed by atoms with van der Waals surface area (Å²) in [6.45, 7) is 6.44. The molecule has 0 spiro atoms. The monoisotopic (exact) mass is 453 g/mol. The van der Waals surface area contributed by atoms with E-state index in [1.807, 2.05) is 0 Å². The summed E-state index contributed by atoms with van der Waals surface area (Å²) in [5.74, 6) is 0.436. The first-order chi connectivity index (χ1) is 11.1. The van der Waals surface area contributed by atoms with Gasteiger partial charge in [-0.25, -0.2) is 0 Å². The zero-order chi connectivity index (χ0) is 16.2. The van der Waals surface area contributed by atoms with Gasteiger partial charge in [0.15, 0.2) is 0 Å². The number of hydrogen-bond acceptors (Lipinski definition) is 4. The van der Waals surface area contributed by atoms with Gasteiger partial charge in [0, 0.05) is 55.7 Å². The molecule has 4 nitrogen and oxygen atoms in total. The third-order valence-electron chi connectivity index (χ3n) is 5.30. The van der Waals surface area contributed by atoms with Gasteiger partial charge in [-0.15, -0.1) is 24.8 Å². The fraction of sp³-hybridized carbons (Fsp3) is 0.667. The van der Waals surface area contributed by atoms with Crippen molar-refractivity contribution in [2.45, 2.75) is 30.9 Å². The van der Waals surface area contributed by atoms with E-state index in [-0.39, 0.29) is 30.9 Å². The maximum atomic E-state index is 10.2. The Kier molecular flexibility index (Phi) is 10.3. The summed E-state index contributed by atoms with van der Waals surface area (Å²) in [6.07, 6.45) is 1.61. The van der Waals surface area contributed by atoms with E-state index < -0.39 is 0 Å². The van der Waals surface area contributed by atoms with E-state index in [2.05, 4.69) is 62.4 Å². The van der Waals surface area contributed by atoms with E-state index in [1.165, 1.54) is 5.56 Å². The van der Waals surface area contributed by atoms with E-state index in [9.17, 15) is 5.11 Å². The molecule has 2 fully saturated rings. The molecule has 0 amide bonds. The average Bonchev–Trinajstić information content (AvgIpc) is 2.56. The Morgan fingerprint density at radius 2 is 1.96 bits per heavy atom. The number of rotatable bonds is 4. The van der Waals surface area contributed by atoms with Crippen molar-refractivity contribution in [2.75, 3.05) is 46.3 Å². The number of piperidine rings is 1. The molecular formula is C18H30BrCl2N3O. The lowest BCUT2D eigenvalue weighted by atomic mass is 9.84. The highest BCUT2D eigenvalue weighted by Crippen LogP contribution is 2.32. The summed E-state index contributed by atoms with van der Waals surface area (Å²) in [6, 6.07) is 9.12. The molecule has 144 valence electrons. The van der Waals surface area contributed by atoms with Crippen LogP contribution >= 0.6 is 40.7 Å². The Bertz CT molecular complexity index is 517. The predicted molar refractivity (Wildman–Crippen MR) is 112 cm³/mol. The van der Waals surface area contributed by atoms with Crippen LogP contribution in [0, 0.1) is 0 Å². The van der Waals surface area contributed by atoms with Crippen molar-refractivity contribution in [1.29, 1.82) is 0 Å². The molecule has 2 aliphatic heterocycles. The highest BCUT2D eigenvalue weighted by atomic mass is 79.9. The maximum Gasteiger partial charge on any atom is 0.0567 e. The first kappa shape index (κ1) is 23.2. The number of likely N-dealkylation sites (N-methyl/N-ethyl adjacent to an activating group) is 1. The van der Waals surface area contributed by atoms with Crippen LogP contribution in [0.3, 0.4) is 0 Å². The summed E-state index contributed by atoms with van der Waals surface area (Å²) in [7, 11) is 2.21. The van der Waals surface area contributed by atoms with Gasteiger partial charge in [0.05, 0.1) is 6.10 Å². The van der Waals surface area contributed by atoms with Gasteiger partial charge in [-0.1, -0.05) is 28.1 Å². The van der Waals surface area contributed by atoms with Crippen molar-refractivity contribution in [3.8, 4) is 0 Å². The van der Waals surface area contributed by atoms with Crippen molar-refractivity contribution < 1.29 is 5.11 Å². The third kappa shape index (κ3) is 6.35. The number of nitrogens with one attached hydrogen (secondary N) is 1. The van der Waals surface area contributed by atoms with Gasteiger partial charge < -0.3 is 20.2 Å². The summed E-state index contributed by atoms with van der Waals surface area (Å²) < 4.78 is 1.14. The Morgan fingerprint density at radius 3 is 2.64 bits per heavy atom. The smallest absolute Gasteiger partial charge is 0.0567 e. The van der Waals surface area contributed by atoms with Crippen LogP contribution in [0.1, 0.15) is 24.3 Å². The van der Waals surface area contributed by atoms with E-state index in [0.717, 1.165) is 56.6 Å². The topological polar surface area (TPSA) is 38.7 Å². The third-order valence-corrected chi connectivity index (χ3v) is 5.79. The van der Waals surface area contributed by atoms with Crippen LogP contribution in [0.15, 0.2) is 28.7 Å². The molecule has 2 N–H and O–H groups in total. The van der Waals surface area contributed by atoms with Gasteiger partial charge in [-0.2, -0.15) is 0 Å². The van der Waals surface area contributed by atoms with E-state index >= 15 is 0 Å². The highest BCUT2D eigenvalue weighted by Gasteiger charge is 2.33. The number of aliphatic hydroxyl groups is 1. The van der Waals surface area contributed by atoms with Crippen LogP contribution in [0.2, 0.25) is 0 Å². The fourth-order valence-electron chi connectivity index (χ4n) is 3.92. The number of nitrogens with zero attached hydrogens (tertiary/aromatic N) is 2. The van der Waals surface area contributed by atoms with Gasteiger partial charge in [-0.3, -0.25) is 0 Å². The lowest BCUT2D eigenvalue weighted by Crippen LogP contribution is -2.50. The minimum atomic E-state index is -0.158. The summed E-state index contributed by atoms with van der Waals surface area (Å²) in [5, 5.41) is 13.6. The van der Waals surface area contributed by atoms with Gasteiger partial charge in [-0.05, 0) is 37.6 Å². The summed E-state index contributed by atoms with van der Waals surface area (Å²) in [4.78, 5) is 5.01. The van der Waals surface area contributed by atoms with E-state index in [0.29, 0.717) is 12.0 Å². The second kappa shape index (κ2) is 11.1. The normalized spacial score (nSPS) is 26.4. The van der Waals surface area contributed by atoms with Crippen LogP contribution in [-0.2, 0) is 0 Å². The first-order valence-corrected chi connectivity index (χ1v) is 9.49. The molecule has 3 unspecified atom stereocenters. The zero-order valence-electron chi connectivity index (χ0n) is 14.7. The minimum absolute atomic E-state index is 0. The second-order valence-corrected chi connectivity index (χ2v) is 7.85. The molecule has 3 atom stereocenters. The van der Waals surface area contributed by atoms with Gasteiger partial charge in [0.2, 0.25) is 0 Å². The number of piperazine rings is 1. The number of halogens is 3. The van der Waals surface area contributed by atoms with Crippen LogP contribution < -0.4 is 5.32 Å². The SMILES string of the molecule is CN1CCC(O)CC1C(CN1CCNCC1)c1cccc(Br)c1.Cl.Cl. The lowest BCUT2D eigenvalue weighted by molar-refractivity contribution is 0.0376. The quantitative estimate of drug-likeness (QED) is 0.733. The molecule has 0 aliphatic carbocycles. The largest absolute Gasteiger partial charge is 0.393 e. The second-order valence-electron chi connectivity index (χ2n) is 6.94. The Labute approximate surface area is 172 Å². The molecule has 25 heavy (non-hydrogen) atoms. The molecule has 2 aliphatic rings. The standard InChI is InChI=1S/C18H28BrN3O.2ClH/c1-21-8-5-16(23)12-18(21)17(13-22-9-6-20-7-10-22)14-3-2-4-15(19)11-14;;/h2-4,11,16-18,20,23H,5-10,12-13H2,1H3;2*1H. The average molecular weight is 455 g/mol. The molecule has 3 rings (SSSR count). The number of aliphatic hydroxyl groups excluding tert-OH is 1. The number of hydrogen-bond donors (Lipinski definition) is 2. The van der Waals surface area contributed by atoms with Gasteiger partial charge >= 0.3 is 0 Å². The molecule has 1 aromatic carbocycles. The van der Waals surface area contributed by atoms with Crippen LogP contribution in [0.5, 0.6) is 0 Å². The minimum Gasteiger partial charge on any atom is -0.393 e. The Hall–Kier alpha value is 0.120. The first-order valence-electron chi connectivity index (χ1n) is 8.70. The summed E-state index contributed by atoms with van der Waals surface area (Å²) >= 11 is 3.62.